The number of nitrogens with one attached hydrogen (secondary N) is 1. The summed E-state index contributed by atoms with van der Waals surface area (Å²) in [5.74, 6) is 0.566. The zero-order valence-electron chi connectivity index (χ0n) is 15.0. The quantitative estimate of drug-likeness (QED) is 0.805. The van der Waals surface area contributed by atoms with Crippen molar-refractivity contribution in [3.05, 3.63) is 35.4 Å². The molecule has 1 aromatic rings. The Labute approximate surface area is 144 Å². The van der Waals surface area contributed by atoms with Crippen molar-refractivity contribution in [3.8, 4) is 0 Å². The Balaban J connectivity index is 1.99. The van der Waals surface area contributed by atoms with Gasteiger partial charge >= 0.3 is 0 Å². The molecule has 0 spiro atoms. The summed E-state index contributed by atoms with van der Waals surface area (Å²) in [4.78, 5) is 26.0. The smallest absolute Gasteiger partial charge is 0.251 e. The molecule has 5 nitrogen and oxygen atoms in total. The average molecular weight is 331 g/mol. The van der Waals surface area contributed by atoms with Gasteiger partial charge in [0, 0.05) is 37.2 Å². The molecule has 0 radical (unpaired) electrons. The van der Waals surface area contributed by atoms with Gasteiger partial charge in [-0.1, -0.05) is 26.0 Å². The lowest BCUT2D eigenvalue weighted by Gasteiger charge is -2.31. The minimum absolute atomic E-state index is 0.104. The fourth-order valence-electron chi connectivity index (χ4n) is 3.29. The lowest BCUT2D eigenvalue weighted by molar-refractivity contribution is -0.128. The molecule has 1 aromatic carbocycles. The Morgan fingerprint density at radius 1 is 1.33 bits per heavy atom. The van der Waals surface area contributed by atoms with Gasteiger partial charge in [-0.25, -0.2) is 0 Å². The molecule has 1 heterocycles. The van der Waals surface area contributed by atoms with E-state index in [2.05, 4.69) is 19.2 Å². The summed E-state index contributed by atoms with van der Waals surface area (Å²) in [5, 5.41) is 3.06. The highest BCUT2D eigenvalue weighted by Gasteiger charge is 2.26. The van der Waals surface area contributed by atoms with Crippen molar-refractivity contribution in [1.82, 2.24) is 10.2 Å². The first-order valence-corrected chi connectivity index (χ1v) is 8.72. The fraction of sp³-hybridized carbons (Fsp3) is 0.579. The second kappa shape index (κ2) is 7.79. The van der Waals surface area contributed by atoms with Gasteiger partial charge in [0.1, 0.15) is 0 Å². The van der Waals surface area contributed by atoms with Crippen LogP contribution in [0.1, 0.15) is 56.0 Å². The van der Waals surface area contributed by atoms with Gasteiger partial charge in [0.2, 0.25) is 5.91 Å². The number of hydrogen-bond acceptors (Lipinski definition) is 3. The molecule has 5 heteroatoms. The first kappa shape index (κ1) is 18.5. The minimum atomic E-state index is -0.397. The van der Waals surface area contributed by atoms with E-state index < -0.39 is 5.54 Å². The zero-order valence-corrected chi connectivity index (χ0v) is 15.0. The molecular weight excluding hydrogens is 302 g/mol. The van der Waals surface area contributed by atoms with Crippen LogP contribution >= 0.6 is 0 Å². The third-order valence-electron chi connectivity index (χ3n) is 4.49. The number of amides is 2. The summed E-state index contributed by atoms with van der Waals surface area (Å²) in [6, 6.07) is 7.47. The number of nitrogens with zero attached hydrogens (tertiary/aromatic N) is 1. The molecule has 2 amide bonds. The van der Waals surface area contributed by atoms with Gasteiger partial charge in [-0.05, 0) is 43.4 Å². The highest BCUT2D eigenvalue weighted by molar-refractivity contribution is 5.94. The normalized spacial score (nSPS) is 17.2. The van der Waals surface area contributed by atoms with Crippen molar-refractivity contribution in [2.75, 3.05) is 13.1 Å². The van der Waals surface area contributed by atoms with E-state index in [1.54, 1.807) is 0 Å². The van der Waals surface area contributed by atoms with E-state index in [1.165, 1.54) is 0 Å². The van der Waals surface area contributed by atoms with Gasteiger partial charge in [0.25, 0.3) is 5.91 Å². The third kappa shape index (κ3) is 4.81. The molecule has 132 valence electrons. The van der Waals surface area contributed by atoms with Crippen molar-refractivity contribution in [3.63, 3.8) is 0 Å². The molecule has 1 unspecified atom stereocenters. The van der Waals surface area contributed by atoms with Crippen molar-refractivity contribution >= 4 is 11.8 Å². The van der Waals surface area contributed by atoms with E-state index >= 15 is 0 Å². The van der Waals surface area contributed by atoms with Gasteiger partial charge < -0.3 is 16.0 Å². The lowest BCUT2D eigenvalue weighted by atomic mass is 9.90. The lowest BCUT2D eigenvalue weighted by Crippen LogP contribution is -2.52. The highest BCUT2D eigenvalue weighted by Crippen LogP contribution is 2.17. The highest BCUT2D eigenvalue weighted by atomic mass is 16.2. The summed E-state index contributed by atoms with van der Waals surface area (Å²) in [6.07, 6.45) is 2.42. The Morgan fingerprint density at radius 3 is 2.50 bits per heavy atom. The van der Waals surface area contributed by atoms with Crippen LogP contribution in [0.2, 0.25) is 0 Å². The first-order valence-electron chi connectivity index (χ1n) is 8.72. The molecule has 0 aliphatic carbocycles. The second-order valence-corrected chi connectivity index (χ2v) is 7.43. The molecule has 1 fully saturated rings. The SMILES string of the molecule is CC(C)CC(C)(CN)NC(=O)c1ccc(CN2CCCC2=O)cc1. The van der Waals surface area contributed by atoms with Crippen LogP contribution in [-0.2, 0) is 11.3 Å². The van der Waals surface area contributed by atoms with E-state index in [9.17, 15) is 9.59 Å². The fourth-order valence-corrected chi connectivity index (χ4v) is 3.29. The Kier molecular flexibility index (Phi) is 5.99. The summed E-state index contributed by atoms with van der Waals surface area (Å²) in [7, 11) is 0. The van der Waals surface area contributed by atoms with Crippen molar-refractivity contribution in [1.29, 1.82) is 0 Å². The number of hydrogen-bond donors (Lipinski definition) is 2. The molecule has 1 saturated heterocycles. The Hall–Kier alpha value is -1.88. The molecule has 0 saturated carbocycles. The first-order chi connectivity index (χ1) is 11.3. The molecule has 0 aromatic heterocycles. The predicted octanol–water partition coefficient (Wildman–Crippen LogP) is 2.30. The van der Waals surface area contributed by atoms with Gasteiger partial charge in [0.15, 0.2) is 0 Å². The summed E-state index contributed by atoms with van der Waals surface area (Å²) in [5.41, 5.74) is 7.13. The standard InChI is InChI=1S/C19H29N3O2/c1-14(2)11-19(3,13-20)21-18(24)16-8-6-15(7-9-16)12-22-10-4-5-17(22)23/h6-9,14H,4-5,10-13,20H2,1-3H3,(H,21,24). The molecule has 3 N–H and O–H groups in total. The summed E-state index contributed by atoms with van der Waals surface area (Å²) < 4.78 is 0. The zero-order chi connectivity index (χ0) is 17.7. The molecule has 0 bridgehead atoms. The number of rotatable bonds is 7. The number of nitrogens with two attached hydrogens (primary N) is 1. The van der Waals surface area contributed by atoms with Gasteiger partial charge in [0.05, 0.1) is 0 Å². The predicted molar refractivity (Wildman–Crippen MR) is 95.5 cm³/mol. The minimum Gasteiger partial charge on any atom is -0.346 e. The topological polar surface area (TPSA) is 75.4 Å². The van der Waals surface area contributed by atoms with E-state index in [4.69, 9.17) is 5.73 Å². The molecule has 2 rings (SSSR count). The second-order valence-electron chi connectivity index (χ2n) is 7.43. The van der Waals surface area contributed by atoms with Crippen LogP contribution in [0, 0.1) is 5.92 Å². The summed E-state index contributed by atoms with van der Waals surface area (Å²) >= 11 is 0. The molecule has 1 aliphatic rings. The third-order valence-corrected chi connectivity index (χ3v) is 4.49. The number of likely N-dealkylation sites (tertiary alicyclic amines) is 1. The van der Waals surface area contributed by atoms with E-state index in [-0.39, 0.29) is 11.8 Å². The molecular formula is C19H29N3O2. The van der Waals surface area contributed by atoms with Crippen LogP contribution in [0.15, 0.2) is 24.3 Å². The summed E-state index contributed by atoms with van der Waals surface area (Å²) in [6.45, 7) is 8.08. The maximum atomic E-state index is 12.5. The monoisotopic (exact) mass is 331 g/mol. The van der Waals surface area contributed by atoms with Crippen LogP contribution in [-0.4, -0.2) is 35.3 Å². The van der Waals surface area contributed by atoms with Crippen molar-refractivity contribution in [2.45, 2.75) is 52.1 Å². The van der Waals surface area contributed by atoms with Crippen LogP contribution < -0.4 is 11.1 Å². The number of carbonyl (C=O) groups is 2. The molecule has 1 atom stereocenters. The van der Waals surface area contributed by atoms with Crippen LogP contribution in [0.5, 0.6) is 0 Å². The van der Waals surface area contributed by atoms with E-state index in [0.29, 0.717) is 31.0 Å². The van der Waals surface area contributed by atoms with Gasteiger partial charge in [-0.3, -0.25) is 9.59 Å². The van der Waals surface area contributed by atoms with E-state index in [0.717, 1.165) is 24.9 Å². The maximum Gasteiger partial charge on any atom is 0.251 e. The van der Waals surface area contributed by atoms with E-state index in [1.807, 2.05) is 36.1 Å². The van der Waals surface area contributed by atoms with Crippen molar-refractivity contribution in [2.24, 2.45) is 11.7 Å². The largest absolute Gasteiger partial charge is 0.346 e. The van der Waals surface area contributed by atoms with Crippen molar-refractivity contribution < 1.29 is 9.59 Å². The van der Waals surface area contributed by atoms with Crippen LogP contribution in [0.4, 0.5) is 0 Å². The van der Waals surface area contributed by atoms with Gasteiger partial charge in [-0.2, -0.15) is 0 Å². The van der Waals surface area contributed by atoms with Gasteiger partial charge in [-0.15, -0.1) is 0 Å². The molecule has 1 aliphatic heterocycles. The number of benzene rings is 1. The molecule has 24 heavy (non-hydrogen) atoms. The number of carbonyl (C=O) groups excluding carboxylic acids is 2. The Bertz CT molecular complexity index is 583. The van der Waals surface area contributed by atoms with Crippen LogP contribution in [0.3, 0.4) is 0 Å². The maximum absolute atomic E-state index is 12.5. The Morgan fingerprint density at radius 2 is 2.00 bits per heavy atom. The van der Waals surface area contributed by atoms with Crippen LogP contribution in [0.25, 0.3) is 0 Å². The average Bonchev–Trinajstić information content (AvgIpc) is 2.92.